The first-order chi connectivity index (χ1) is 12.0. The van der Waals surface area contributed by atoms with Crippen LogP contribution in [-0.2, 0) is 9.53 Å². The maximum Gasteiger partial charge on any atom is 0.244 e. The molecule has 138 valence electrons. The molecule has 1 heterocycles. The van der Waals surface area contributed by atoms with Gasteiger partial charge < -0.3 is 10.1 Å². The summed E-state index contributed by atoms with van der Waals surface area (Å²) in [4.78, 5) is 14.6. The lowest BCUT2D eigenvalue weighted by Crippen LogP contribution is -2.41. The van der Waals surface area contributed by atoms with E-state index in [2.05, 4.69) is 62.2 Å². The first-order valence-electron chi connectivity index (χ1n) is 9.37. The monoisotopic (exact) mass is 344 g/mol. The van der Waals surface area contributed by atoms with Crippen LogP contribution in [0.25, 0.3) is 5.57 Å². The number of ether oxygens (including phenoxy) is 1. The number of allylic oxidation sites excluding steroid dienone is 1. The average molecular weight is 344 g/mol. The summed E-state index contributed by atoms with van der Waals surface area (Å²) in [6.45, 7) is 13.7. The van der Waals surface area contributed by atoms with Gasteiger partial charge in [-0.25, -0.2) is 0 Å². The minimum Gasteiger partial charge on any atom is -0.379 e. The third-order valence-corrected chi connectivity index (χ3v) is 4.65. The third kappa shape index (κ3) is 6.29. The molecule has 1 aliphatic rings. The van der Waals surface area contributed by atoms with Crippen LogP contribution in [0.1, 0.15) is 44.7 Å². The zero-order chi connectivity index (χ0) is 18.2. The molecule has 1 amide bonds. The van der Waals surface area contributed by atoms with Crippen LogP contribution in [-0.4, -0.2) is 50.2 Å². The molecular weight excluding hydrogens is 312 g/mol. The summed E-state index contributed by atoms with van der Waals surface area (Å²) < 4.78 is 5.34. The number of hydrogen-bond acceptors (Lipinski definition) is 3. The van der Waals surface area contributed by atoms with Crippen molar-refractivity contribution in [2.45, 2.75) is 33.6 Å². The number of nitrogens with zero attached hydrogens (tertiary/aromatic N) is 1. The summed E-state index contributed by atoms with van der Waals surface area (Å²) in [6.07, 6.45) is 1.76. The van der Waals surface area contributed by atoms with Gasteiger partial charge in [-0.1, -0.05) is 52.0 Å². The van der Waals surface area contributed by atoms with E-state index in [0.717, 1.165) is 44.0 Å². The summed E-state index contributed by atoms with van der Waals surface area (Å²) in [7, 11) is 0. The van der Waals surface area contributed by atoms with Gasteiger partial charge in [0.2, 0.25) is 5.91 Å². The molecule has 0 aromatic heterocycles. The van der Waals surface area contributed by atoms with Gasteiger partial charge in [0, 0.05) is 32.3 Å². The Hall–Kier alpha value is -1.65. The maximum atomic E-state index is 12.3. The molecule has 0 saturated carbocycles. The van der Waals surface area contributed by atoms with Crippen molar-refractivity contribution in [3.05, 3.63) is 41.5 Å². The Bertz CT molecular complexity index is 570. The molecule has 0 bridgehead atoms. The first kappa shape index (κ1) is 19.7. The van der Waals surface area contributed by atoms with E-state index in [4.69, 9.17) is 4.74 Å². The van der Waals surface area contributed by atoms with E-state index in [-0.39, 0.29) is 5.91 Å². The van der Waals surface area contributed by atoms with Gasteiger partial charge in [-0.2, -0.15) is 0 Å². The molecule has 1 aliphatic heterocycles. The van der Waals surface area contributed by atoms with Crippen molar-refractivity contribution >= 4 is 11.5 Å². The molecular formula is C21H32N2O2. The van der Waals surface area contributed by atoms with E-state index in [1.807, 2.05) is 0 Å². The fraction of sp³-hybridized carbons (Fsp3) is 0.571. The van der Waals surface area contributed by atoms with Crippen LogP contribution in [0.15, 0.2) is 30.3 Å². The predicted octanol–water partition coefficient (Wildman–Crippen LogP) is 3.30. The molecule has 1 aromatic carbocycles. The molecule has 0 radical (unpaired) electrons. The minimum atomic E-state index is -0.00936. The number of carbonyl (C=O) groups excluding carboxylic acids is 1. The zero-order valence-electron chi connectivity index (χ0n) is 16.0. The van der Waals surface area contributed by atoms with Crippen LogP contribution in [0, 0.1) is 5.92 Å². The zero-order valence-corrected chi connectivity index (χ0v) is 16.0. The lowest BCUT2D eigenvalue weighted by molar-refractivity contribution is -0.116. The fourth-order valence-electron chi connectivity index (χ4n) is 3.00. The fourth-order valence-corrected chi connectivity index (χ4v) is 3.00. The van der Waals surface area contributed by atoms with E-state index in [1.165, 1.54) is 5.56 Å². The van der Waals surface area contributed by atoms with E-state index in [1.54, 1.807) is 6.08 Å². The van der Waals surface area contributed by atoms with Crippen LogP contribution < -0.4 is 5.32 Å². The van der Waals surface area contributed by atoms with Crippen molar-refractivity contribution in [2.24, 2.45) is 5.92 Å². The van der Waals surface area contributed by atoms with E-state index >= 15 is 0 Å². The smallest absolute Gasteiger partial charge is 0.244 e. The number of hydrogen-bond donors (Lipinski definition) is 1. The van der Waals surface area contributed by atoms with Crippen molar-refractivity contribution < 1.29 is 9.53 Å². The van der Waals surface area contributed by atoms with Crippen LogP contribution >= 0.6 is 0 Å². The number of morpholine rings is 1. The topological polar surface area (TPSA) is 41.6 Å². The maximum absolute atomic E-state index is 12.3. The molecule has 0 atom stereocenters. The lowest BCUT2D eigenvalue weighted by atomic mass is 9.92. The normalized spacial score (nSPS) is 16.5. The minimum absolute atomic E-state index is 0.00936. The Morgan fingerprint density at radius 3 is 2.36 bits per heavy atom. The van der Waals surface area contributed by atoms with Crippen molar-refractivity contribution in [1.29, 1.82) is 0 Å². The highest BCUT2D eigenvalue weighted by atomic mass is 16.5. The molecule has 2 rings (SSSR count). The molecule has 0 unspecified atom stereocenters. The highest BCUT2D eigenvalue weighted by Gasteiger charge is 2.12. The van der Waals surface area contributed by atoms with Gasteiger partial charge in [0.25, 0.3) is 0 Å². The Kier molecular flexibility index (Phi) is 7.66. The third-order valence-electron chi connectivity index (χ3n) is 4.65. The summed E-state index contributed by atoms with van der Waals surface area (Å²) in [5, 5.41) is 3.02. The molecule has 1 N–H and O–H groups in total. The van der Waals surface area contributed by atoms with Crippen LogP contribution in [0.3, 0.4) is 0 Å². The standard InChI is InChI=1S/C21H32N2O2/c1-16(2)18-5-7-19(8-6-18)20(17(3)4)15-21(24)22-9-10-23-11-13-25-14-12-23/h5-8,15-17H,9-14H2,1-4H3,(H,22,24)/b20-15+. The van der Waals surface area contributed by atoms with Crippen LogP contribution in [0.2, 0.25) is 0 Å². The second-order valence-electron chi connectivity index (χ2n) is 7.28. The highest BCUT2D eigenvalue weighted by molar-refractivity contribution is 5.95. The molecule has 0 aliphatic carbocycles. The summed E-state index contributed by atoms with van der Waals surface area (Å²) in [5.74, 6) is 0.809. The van der Waals surface area contributed by atoms with Gasteiger partial charge in [-0.3, -0.25) is 9.69 Å². The van der Waals surface area contributed by atoms with Gasteiger partial charge in [0.05, 0.1) is 13.2 Å². The number of carbonyl (C=O) groups is 1. The SMILES string of the molecule is CC(C)/C(=C\C(=O)NCCN1CCOCC1)c1ccc(C(C)C)cc1. The summed E-state index contributed by atoms with van der Waals surface area (Å²) in [5.41, 5.74) is 3.53. The molecule has 0 spiro atoms. The number of benzene rings is 1. The van der Waals surface area contributed by atoms with Gasteiger partial charge >= 0.3 is 0 Å². The van der Waals surface area contributed by atoms with Crippen LogP contribution in [0.5, 0.6) is 0 Å². The largest absolute Gasteiger partial charge is 0.379 e. The molecule has 4 nitrogen and oxygen atoms in total. The van der Waals surface area contributed by atoms with Crippen molar-refractivity contribution in [1.82, 2.24) is 10.2 Å². The quantitative estimate of drug-likeness (QED) is 0.772. The van der Waals surface area contributed by atoms with Crippen molar-refractivity contribution in [2.75, 3.05) is 39.4 Å². The Balaban J connectivity index is 1.94. The first-order valence-corrected chi connectivity index (χ1v) is 9.37. The number of amides is 1. The highest BCUT2D eigenvalue weighted by Crippen LogP contribution is 2.25. The average Bonchev–Trinajstić information content (AvgIpc) is 2.60. The summed E-state index contributed by atoms with van der Waals surface area (Å²) >= 11 is 0. The molecule has 1 aromatic rings. The van der Waals surface area contributed by atoms with Gasteiger partial charge in [0.15, 0.2) is 0 Å². The molecule has 1 fully saturated rings. The van der Waals surface area contributed by atoms with Crippen molar-refractivity contribution in [3.63, 3.8) is 0 Å². The van der Waals surface area contributed by atoms with Crippen molar-refractivity contribution in [3.8, 4) is 0 Å². The van der Waals surface area contributed by atoms with E-state index in [0.29, 0.717) is 18.4 Å². The Morgan fingerprint density at radius 1 is 1.16 bits per heavy atom. The molecule has 1 saturated heterocycles. The van der Waals surface area contributed by atoms with E-state index in [9.17, 15) is 4.79 Å². The van der Waals surface area contributed by atoms with Gasteiger partial charge in [0.1, 0.15) is 0 Å². The van der Waals surface area contributed by atoms with Gasteiger partial charge in [-0.05, 0) is 28.5 Å². The van der Waals surface area contributed by atoms with Crippen LogP contribution in [0.4, 0.5) is 0 Å². The molecule has 25 heavy (non-hydrogen) atoms. The lowest BCUT2D eigenvalue weighted by Gasteiger charge is -2.26. The van der Waals surface area contributed by atoms with Gasteiger partial charge in [-0.15, -0.1) is 0 Å². The number of rotatable bonds is 7. The number of nitrogens with one attached hydrogen (secondary N) is 1. The molecule has 4 heteroatoms. The summed E-state index contributed by atoms with van der Waals surface area (Å²) in [6, 6.07) is 8.57. The predicted molar refractivity (Wildman–Crippen MR) is 104 cm³/mol. The van der Waals surface area contributed by atoms with E-state index < -0.39 is 0 Å². The second kappa shape index (κ2) is 9.73. The Labute approximate surface area is 152 Å². The Morgan fingerprint density at radius 2 is 1.80 bits per heavy atom. The second-order valence-corrected chi connectivity index (χ2v) is 7.28.